The summed E-state index contributed by atoms with van der Waals surface area (Å²) in [7, 11) is 0. The van der Waals surface area contributed by atoms with Gasteiger partial charge in [-0.2, -0.15) is 0 Å². The summed E-state index contributed by atoms with van der Waals surface area (Å²) in [4.78, 5) is 12.0. The first kappa shape index (κ1) is 12.3. The van der Waals surface area contributed by atoms with Gasteiger partial charge in [0, 0.05) is 28.7 Å². The Morgan fingerprint density at radius 2 is 1.88 bits per heavy atom. The van der Waals surface area contributed by atoms with Crippen molar-refractivity contribution in [2.75, 3.05) is 0 Å². The lowest BCUT2D eigenvalue weighted by Gasteiger charge is -1.91. The van der Waals surface area contributed by atoms with E-state index in [0.717, 1.165) is 15.9 Å². The van der Waals surface area contributed by atoms with Gasteiger partial charge in [0.25, 0.3) is 0 Å². The zero-order valence-electron chi connectivity index (χ0n) is 8.65. The summed E-state index contributed by atoms with van der Waals surface area (Å²) in [5, 5.41) is 3.94. The minimum absolute atomic E-state index is 0.924. The molecule has 3 nitrogen and oxygen atoms in total. The van der Waals surface area contributed by atoms with Crippen molar-refractivity contribution in [2.45, 2.75) is 0 Å². The van der Waals surface area contributed by atoms with E-state index in [4.69, 9.17) is 0 Å². The predicted molar refractivity (Wildman–Crippen MR) is 75.2 cm³/mol. The van der Waals surface area contributed by atoms with Gasteiger partial charge in [0.15, 0.2) is 0 Å². The highest BCUT2D eigenvalue weighted by Gasteiger charge is 1.96. The van der Waals surface area contributed by atoms with Crippen LogP contribution in [0.4, 0.5) is 0 Å². The van der Waals surface area contributed by atoms with Crippen LogP contribution in [0, 0.1) is 0 Å². The van der Waals surface area contributed by atoms with E-state index >= 15 is 0 Å². The third-order valence-electron chi connectivity index (χ3n) is 1.79. The summed E-state index contributed by atoms with van der Waals surface area (Å²) >= 11 is 6.36. The fourth-order valence-electron chi connectivity index (χ4n) is 1.07. The number of nitrogens with zero attached hydrogens (tertiary/aromatic N) is 3. The molecule has 6 heteroatoms. The molecule has 0 atom stereocenters. The summed E-state index contributed by atoms with van der Waals surface area (Å²) < 4.78 is 0.924. The second-order valence-electron chi connectivity index (χ2n) is 2.93. The van der Waals surface area contributed by atoms with Crippen molar-refractivity contribution < 1.29 is 0 Å². The van der Waals surface area contributed by atoms with Crippen molar-refractivity contribution in [3.05, 3.63) is 50.9 Å². The van der Waals surface area contributed by atoms with E-state index in [1.165, 1.54) is 0 Å². The van der Waals surface area contributed by atoms with Gasteiger partial charge in [0.05, 0.1) is 16.7 Å². The molecular formula is C11H8BrN3S2. The van der Waals surface area contributed by atoms with Gasteiger partial charge in [0.1, 0.15) is 4.60 Å². The molecule has 0 fully saturated rings. The van der Waals surface area contributed by atoms with E-state index in [9.17, 15) is 0 Å². The fraction of sp³-hybridized carbons (Fsp3) is 0. The van der Waals surface area contributed by atoms with Crippen LogP contribution < -0.4 is 0 Å². The van der Waals surface area contributed by atoms with E-state index in [1.807, 2.05) is 34.6 Å². The molecule has 0 aromatic carbocycles. The van der Waals surface area contributed by atoms with Gasteiger partial charge in [-0.05, 0) is 28.1 Å². The zero-order chi connectivity index (χ0) is 11.9. The molecular weight excluding hydrogens is 318 g/mol. The van der Waals surface area contributed by atoms with Crippen LogP contribution in [0.5, 0.6) is 0 Å². The van der Waals surface area contributed by atoms with Gasteiger partial charge in [-0.15, -0.1) is 22.7 Å². The molecule has 0 aliphatic rings. The second kappa shape index (κ2) is 6.58. The quantitative estimate of drug-likeness (QED) is 0.675. The van der Waals surface area contributed by atoms with Crippen LogP contribution in [0.2, 0.25) is 0 Å². The molecule has 0 saturated heterocycles. The van der Waals surface area contributed by atoms with Crippen LogP contribution >= 0.6 is 38.6 Å². The Morgan fingerprint density at radius 1 is 1.06 bits per heavy atom. The lowest BCUT2D eigenvalue weighted by atomic mass is 10.2. The summed E-state index contributed by atoms with van der Waals surface area (Å²) in [5.41, 5.74) is 5.68. The number of pyridine rings is 1. The minimum atomic E-state index is 0.924. The maximum absolute atomic E-state index is 4.16. The standard InChI is InChI=1S/C8H6N2S.C3H2BrNS/c1-2-7(4-9-3-1)8-5-11-6-10-8;4-3-1-6-2-5-3/h1-6H;1-2H. The highest BCUT2D eigenvalue weighted by Crippen LogP contribution is 2.16. The van der Waals surface area contributed by atoms with E-state index in [2.05, 4.69) is 30.9 Å². The number of rotatable bonds is 1. The first-order chi connectivity index (χ1) is 8.36. The van der Waals surface area contributed by atoms with Gasteiger partial charge in [0.2, 0.25) is 0 Å². The van der Waals surface area contributed by atoms with Gasteiger partial charge in [-0.1, -0.05) is 0 Å². The molecule has 0 unspecified atom stereocenters. The first-order valence-corrected chi connectivity index (χ1v) is 7.36. The Kier molecular flexibility index (Phi) is 4.78. The summed E-state index contributed by atoms with van der Waals surface area (Å²) in [6.45, 7) is 0. The second-order valence-corrected chi connectivity index (χ2v) is 5.18. The van der Waals surface area contributed by atoms with E-state index < -0.39 is 0 Å². The molecule has 0 aliphatic heterocycles. The maximum atomic E-state index is 4.16. The van der Waals surface area contributed by atoms with Gasteiger partial charge in [-0.25, -0.2) is 9.97 Å². The van der Waals surface area contributed by atoms with E-state index in [-0.39, 0.29) is 0 Å². The molecule has 0 N–H and O–H groups in total. The molecule has 0 bridgehead atoms. The molecule has 0 spiro atoms. The van der Waals surface area contributed by atoms with Gasteiger partial charge in [-0.3, -0.25) is 4.98 Å². The molecule has 3 heterocycles. The third kappa shape index (κ3) is 3.99. The summed E-state index contributed by atoms with van der Waals surface area (Å²) in [6.07, 6.45) is 3.57. The smallest absolute Gasteiger partial charge is 0.116 e. The average molecular weight is 326 g/mol. The van der Waals surface area contributed by atoms with Crippen LogP contribution in [0.15, 0.2) is 50.9 Å². The van der Waals surface area contributed by atoms with Gasteiger partial charge >= 0.3 is 0 Å². The van der Waals surface area contributed by atoms with Crippen molar-refractivity contribution in [2.24, 2.45) is 0 Å². The molecule has 0 amide bonds. The Labute approximate surface area is 115 Å². The van der Waals surface area contributed by atoms with E-state index in [1.54, 1.807) is 34.4 Å². The first-order valence-electron chi connectivity index (χ1n) is 4.68. The lowest BCUT2D eigenvalue weighted by molar-refractivity contribution is 1.31. The van der Waals surface area contributed by atoms with Crippen LogP contribution in [0.25, 0.3) is 11.3 Å². The number of aromatic nitrogens is 3. The van der Waals surface area contributed by atoms with Crippen molar-refractivity contribution >= 4 is 38.6 Å². The Morgan fingerprint density at radius 3 is 2.35 bits per heavy atom. The summed E-state index contributed by atoms with van der Waals surface area (Å²) in [5.74, 6) is 0. The van der Waals surface area contributed by atoms with Crippen LogP contribution in [-0.2, 0) is 0 Å². The van der Waals surface area contributed by atoms with Gasteiger partial charge < -0.3 is 0 Å². The molecule has 0 aliphatic carbocycles. The van der Waals surface area contributed by atoms with Crippen molar-refractivity contribution in [1.82, 2.24) is 15.0 Å². The topological polar surface area (TPSA) is 38.7 Å². The Hall–Kier alpha value is -1.11. The van der Waals surface area contributed by atoms with Crippen molar-refractivity contribution in [1.29, 1.82) is 0 Å². The molecule has 3 rings (SSSR count). The molecule has 17 heavy (non-hydrogen) atoms. The van der Waals surface area contributed by atoms with E-state index in [0.29, 0.717) is 0 Å². The van der Waals surface area contributed by atoms with Crippen LogP contribution in [0.3, 0.4) is 0 Å². The Balaban J connectivity index is 0.000000153. The highest BCUT2D eigenvalue weighted by atomic mass is 79.9. The number of hydrogen-bond donors (Lipinski definition) is 0. The van der Waals surface area contributed by atoms with Crippen molar-refractivity contribution in [3.8, 4) is 11.3 Å². The summed E-state index contributed by atoms with van der Waals surface area (Å²) in [6, 6.07) is 3.91. The Bertz CT molecular complexity index is 523. The molecule has 0 radical (unpaired) electrons. The van der Waals surface area contributed by atoms with Crippen LogP contribution in [-0.4, -0.2) is 15.0 Å². The third-order valence-corrected chi connectivity index (χ3v) is 3.70. The number of halogens is 1. The number of thiazole rings is 2. The number of hydrogen-bond acceptors (Lipinski definition) is 5. The normalized spacial score (nSPS) is 9.47. The lowest BCUT2D eigenvalue weighted by Crippen LogP contribution is -1.76. The predicted octanol–water partition coefficient (Wildman–Crippen LogP) is 4.11. The fourth-order valence-corrected chi connectivity index (χ4v) is 2.60. The average Bonchev–Trinajstić information content (AvgIpc) is 3.03. The van der Waals surface area contributed by atoms with Crippen molar-refractivity contribution in [3.63, 3.8) is 0 Å². The largest absolute Gasteiger partial charge is 0.264 e. The molecule has 86 valence electrons. The highest BCUT2D eigenvalue weighted by molar-refractivity contribution is 9.10. The van der Waals surface area contributed by atoms with Crippen LogP contribution in [0.1, 0.15) is 0 Å². The monoisotopic (exact) mass is 325 g/mol. The zero-order valence-corrected chi connectivity index (χ0v) is 11.9. The SMILES string of the molecule is Brc1cscn1.c1cncc(-c2cscn2)c1. The maximum Gasteiger partial charge on any atom is 0.116 e. The molecule has 0 saturated carbocycles. The minimum Gasteiger partial charge on any atom is -0.264 e. The molecule has 3 aromatic rings. The molecule has 3 aromatic heterocycles.